The summed E-state index contributed by atoms with van der Waals surface area (Å²) in [6, 6.07) is 9.50. The maximum atomic E-state index is 13.2. The fourth-order valence-electron chi connectivity index (χ4n) is 3.12. The fraction of sp³-hybridized carbons (Fsp3) is 0.364. The molecule has 1 heterocycles. The minimum Gasteiger partial charge on any atom is -0.298 e. The van der Waals surface area contributed by atoms with Crippen LogP contribution in [0.2, 0.25) is 10.0 Å². The summed E-state index contributed by atoms with van der Waals surface area (Å²) in [5.74, 6) is -0.435. The number of nitrogens with one attached hydrogen (secondary N) is 1. The second kappa shape index (κ2) is 10.9. The smallest absolute Gasteiger partial charge is 0.259 e. The Morgan fingerprint density at radius 2 is 1.75 bits per heavy atom. The van der Waals surface area contributed by atoms with Crippen molar-refractivity contribution in [1.29, 1.82) is 0 Å². The molecule has 3 aromatic rings. The minimum atomic E-state index is -3.61. The minimum absolute atomic E-state index is 0.233. The van der Waals surface area contributed by atoms with Gasteiger partial charge in [0.05, 0.1) is 25.7 Å². The van der Waals surface area contributed by atoms with Crippen molar-refractivity contribution in [3.05, 3.63) is 52.0 Å². The van der Waals surface area contributed by atoms with Gasteiger partial charge in [-0.05, 0) is 49.2 Å². The van der Waals surface area contributed by atoms with Crippen LogP contribution in [0, 0.1) is 0 Å². The third kappa shape index (κ3) is 5.80. The molecular weight excluding hydrogens is 489 g/mol. The molecular formula is C22H25Cl2N3O3S2. The van der Waals surface area contributed by atoms with E-state index < -0.39 is 15.9 Å². The van der Waals surface area contributed by atoms with Crippen molar-refractivity contribution in [2.75, 3.05) is 18.4 Å². The summed E-state index contributed by atoms with van der Waals surface area (Å²) in [6.45, 7) is 5.09. The van der Waals surface area contributed by atoms with Gasteiger partial charge in [-0.3, -0.25) is 10.1 Å². The van der Waals surface area contributed by atoms with E-state index in [1.165, 1.54) is 17.4 Å². The van der Waals surface area contributed by atoms with E-state index in [9.17, 15) is 13.2 Å². The van der Waals surface area contributed by atoms with Crippen molar-refractivity contribution < 1.29 is 13.2 Å². The van der Waals surface area contributed by atoms with E-state index in [-0.39, 0.29) is 15.5 Å². The number of halogens is 2. The molecule has 0 aliphatic rings. The first-order valence-corrected chi connectivity index (χ1v) is 13.4. The number of carbonyl (C=O) groups is 1. The Hall–Kier alpha value is -1.71. The molecule has 0 fully saturated rings. The first-order valence-electron chi connectivity index (χ1n) is 10.4. The van der Waals surface area contributed by atoms with Gasteiger partial charge in [-0.25, -0.2) is 13.4 Å². The highest BCUT2D eigenvalue weighted by atomic mass is 35.5. The first kappa shape index (κ1) is 24.9. The molecule has 0 aliphatic carbocycles. The molecule has 1 amide bonds. The Morgan fingerprint density at radius 1 is 1.06 bits per heavy atom. The van der Waals surface area contributed by atoms with Crippen molar-refractivity contribution in [1.82, 2.24) is 9.29 Å². The first-order chi connectivity index (χ1) is 15.3. The van der Waals surface area contributed by atoms with E-state index in [1.807, 2.05) is 13.8 Å². The largest absolute Gasteiger partial charge is 0.298 e. The highest BCUT2D eigenvalue weighted by Gasteiger charge is 2.24. The van der Waals surface area contributed by atoms with Crippen LogP contribution in [0.4, 0.5) is 5.13 Å². The summed E-state index contributed by atoms with van der Waals surface area (Å²) in [7, 11) is -3.61. The maximum absolute atomic E-state index is 13.2. The van der Waals surface area contributed by atoms with Crippen LogP contribution in [0.25, 0.3) is 10.2 Å². The van der Waals surface area contributed by atoms with E-state index in [0.717, 1.165) is 25.7 Å². The number of amides is 1. The van der Waals surface area contributed by atoms with Crippen molar-refractivity contribution >= 4 is 65.8 Å². The van der Waals surface area contributed by atoms with Gasteiger partial charge in [0.2, 0.25) is 10.0 Å². The summed E-state index contributed by atoms with van der Waals surface area (Å²) < 4.78 is 28.7. The summed E-state index contributed by atoms with van der Waals surface area (Å²) in [6.07, 6.45) is 3.47. The number of carbonyl (C=O) groups excluding carboxylic acids is 1. The summed E-state index contributed by atoms with van der Waals surface area (Å²) >= 11 is 13.3. The molecule has 0 saturated heterocycles. The molecule has 3 rings (SSSR count). The van der Waals surface area contributed by atoms with Crippen LogP contribution in [0.3, 0.4) is 0 Å². The molecule has 0 bridgehead atoms. The lowest BCUT2D eigenvalue weighted by molar-refractivity contribution is 0.102. The van der Waals surface area contributed by atoms with Crippen molar-refractivity contribution in [3.63, 3.8) is 0 Å². The number of nitrogens with zero attached hydrogens (tertiary/aromatic N) is 2. The molecule has 1 aromatic heterocycles. The zero-order valence-electron chi connectivity index (χ0n) is 17.9. The number of anilines is 1. The standard InChI is InChI=1S/C22H25Cl2N3O3S2/c1-3-5-11-27(12-6-4-2)32(29,30)16-8-10-19-20(14-16)31-22(25-19)26-21(28)17-13-15(23)7-9-18(17)24/h7-10,13-14H,3-6,11-12H2,1-2H3,(H,25,26,28). The lowest BCUT2D eigenvalue weighted by Crippen LogP contribution is -2.33. The average molecular weight is 515 g/mol. The number of sulfonamides is 1. The number of rotatable bonds is 10. The fourth-order valence-corrected chi connectivity index (χ4v) is 6.02. The van der Waals surface area contributed by atoms with Gasteiger partial charge in [0.1, 0.15) is 0 Å². The Morgan fingerprint density at radius 3 is 2.41 bits per heavy atom. The number of hydrogen-bond acceptors (Lipinski definition) is 5. The van der Waals surface area contributed by atoms with Gasteiger partial charge in [-0.1, -0.05) is 61.2 Å². The topological polar surface area (TPSA) is 79.4 Å². The monoisotopic (exact) mass is 513 g/mol. The third-order valence-corrected chi connectivity index (χ3v) is 8.31. The number of hydrogen-bond donors (Lipinski definition) is 1. The normalized spacial score (nSPS) is 11.9. The van der Waals surface area contributed by atoms with Crippen LogP contribution in [0.1, 0.15) is 49.9 Å². The number of aromatic nitrogens is 1. The lowest BCUT2D eigenvalue weighted by atomic mass is 10.2. The summed E-state index contributed by atoms with van der Waals surface area (Å²) in [4.78, 5) is 17.2. The average Bonchev–Trinajstić information content (AvgIpc) is 3.16. The molecule has 0 unspecified atom stereocenters. The highest BCUT2D eigenvalue weighted by Crippen LogP contribution is 2.30. The van der Waals surface area contributed by atoms with E-state index in [1.54, 1.807) is 34.6 Å². The van der Waals surface area contributed by atoms with E-state index in [2.05, 4.69) is 10.3 Å². The Kier molecular flexibility index (Phi) is 8.52. The van der Waals surface area contributed by atoms with Gasteiger partial charge >= 0.3 is 0 Å². The molecule has 0 spiro atoms. The second-order valence-corrected chi connectivity index (χ2v) is 11.2. The predicted molar refractivity (Wildman–Crippen MR) is 133 cm³/mol. The van der Waals surface area contributed by atoms with Crippen molar-refractivity contribution in [2.45, 2.75) is 44.4 Å². The highest BCUT2D eigenvalue weighted by molar-refractivity contribution is 7.89. The van der Waals surface area contributed by atoms with Crippen molar-refractivity contribution in [3.8, 4) is 0 Å². The quantitative estimate of drug-likeness (QED) is 0.337. The molecule has 0 aliphatic heterocycles. The summed E-state index contributed by atoms with van der Waals surface area (Å²) in [5, 5.41) is 3.75. The van der Waals surface area contributed by atoms with Crippen LogP contribution >= 0.6 is 34.5 Å². The van der Waals surface area contributed by atoms with E-state index in [4.69, 9.17) is 23.2 Å². The zero-order valence-corrected chi connectivity index (χ0v) is 21.0. The van der Waals surface area contributed by atoms with Crippen LogP contribution in [0.5, 0.6) is 0 Å². The molecule has 32 heavy (non-hydrogen) atoms. The second-order valence-electron chi connectivity index (χ2n) is 7.34. The van der Waals surface area contributed by atoms with E-state index in [0.29, 0.717) is 33.5 Å². The van der Waals surface area contributed by atoms with Gasteiger partial charge in [-0.15, -0.1) is 0 Å². The lowest BCUT2D eigenvalue weighted by Gasteiger charge is -2.21. The SMILES string of the molecule is CCCCN(CCCC)S(=O)(=O)c1ccc2nc(NC(=O)c3cc(Cl)ccc3Cl)sc2c1. The number of fused-ring (bicyclic) bond motifs is 1. The summed E-state index contributed by atoms with van der Waals surface area (Å²) in [5.41, 5.74) is 0.847. The Labute approximate surface area is 202 Å². The molecule has 0 radical (unpaired) electrons. The zero-order chi connectivity index (χ0) is 23.3. The third-order valence-electron chi connectivity index (χ3n) is 4.91. The van der Waals surface area contributed by atoms with Gasteiger partial charge in [-0.2, -0.15) is 4.31 Å². The van der Waals surface area contributed by atoms with Crippen LogP contribution < -0.4 is 5.32 Å². The molecule has 0 saturated carbocycles. The molecule has 1 N–H and O–H groups in total. The predicted octanol–water partition coefficient (Wildman–Crippen LogP) is 6.45. The molecule has 2 aromatic carbocycles. The van der Waals surface area contributed by atoms with Crippen LogP contribution in [-0.4, -0.2) is 36.7 Å². The molecule has 0 atom stereocenters. The maximum Gasteiger partial charge on any atom is 0.259 e. The molecule has 6 nitrogen and oxygen atoms in total. The number of thiazole rings is 1. The molecule has 10 heteroatoms. The van der Waals surface area contributed by atoms with Gasteiger partial charge in [0.15, 0.2) is 5.13 Å². The van der Waals surface area contributed by atoms with Crippen LogP contribution in [-0.2, 0) is 10.0 Å². The number of unbranched alkanes of at least 4 members (excludes halogenated alkanes) is 2. The van der Waals surface area contributed by atoms with Gasteiger partial charge in [0, 0.05) is 18.1 Å². The van der Waals surface area contributed by atoms with Gasteiger partial charge in [0.25, 0.3) is 5.91 Å². The molecule has 172 valence electrons. The van der Waals surface area contributed by atoms with Crippen LogP contribution in [0.15, 0.2) is 41.3 Å². The van der Waals surface area contributed by atoms with E-state index >= 15 is 0 Å². The Balaban J connectivity index is 1.86. The number of benzene rings is 2. The van der Waals surface area contributed by atoms with Crippen molar-refractivity contribution in [2.24, 2.45) is 0 Å². The van der Waals surface area contributed by atoms with Gasteiger partial charge < -0.3 is 0 Å². The Bertz CT molecular complexity index is 1200.